The van der Waals surface area contributed by atoms with E-state index in [1.807, 2.05) is 45.0 Å². The summed E-state index contributed by atoms with van der Waals surface area (Å²) in [6, 6.07) is 7.91. The predicted molar refractivity (Wildman–Crippen MR) is 106 cm³/mol. The molecule has 0 N–H and O–H groups in total. The zero-order valence-electron chi connectivity index (χ0n) is 16.9. The van der Waals surface area contributed by atoms with Crippen molar-refractivity contribution in [3.63, 3.8) is 0 Å². The molecule has 1 aromatic rings. The van der Waals surface area contributed by atoms with Crippen molar-refractivity contribution in [1.29, 1.82) is 0 Å². The largest absolute Gasteiger partial charge is 0.444 e. The Kier molecular flexibility index (Phi) is 5.91. The summed E-state index contributed by atoms with van der Waals surface area (Å²) >= 11 is 0. The first kappa shape index (κ1) is 20.2. The fourth-order valence-electron chi connectivity index (χ4n) is 3.57. The minimum atomic E-state index is -0.529. The molecule has 2 aliphatic heterocycles. The maximum absolute atomic E-state index is 12.6. The van der Waals surface area contributed by atoms with Gasteiger partial charge in [0.2, 0.25) is 11.8 Å². The number of anilines is 1. The Morgan fingerprint density at radius 1 is 0.893 bits per heavy atom. The molecule has 0 atom stereocenters. The Bertz CT molecular complexity index is 748. The van der Waals surface area contributed by atoms with Gasteiger partial charge in [-0.2, -0.15) is 0 Å². The summed E-state index contributed by atoms with van der Waals surface area (Å²) in [5.74, 6) is -0.0460. The molecule has 0 bridgehead atoms. The van der Waals surface area contributed by atoms with Gasteiger partial charge in [0.05, 0.1) is 0 Å². The monoisotopic (exact) mass is 387 g/mol. The van der Waals surface area contributed by atoms with Crippen LogP contribution in [0.2, 0.25) is 0 Å². The van der Waals surface area contributed by atoms with Gasteiger partial charge in [0.25, 0.3) is 0 Å². The molecule has 7 nitrogen and oxygen atoms in total. The van der Waals surface area contributed by atoms with Crippen LogP contribution < -0.4 is 4.90 Å². The van der Waals surface area contributed by atoms with Gasteiger partial charge >= 0.3 is 6.09 Å². The lowest BCUT2D eigenvalue weighted by Gasteiger charge is -2.35. The van der Waals surface area contributed by atoms with E-state index in [-0.39, 0.29) is 30.7 Å². The molecular weight excluding hydrogens is 358 g/mol. The molecule has 0 unspecified atom stereocenters. The number of ether oxygens (including phenoxy) is 1. The Morgan fingerprint density at radius 2 is 1.50 bits per heavy atom. The number of amides is 3. The van der Waals surface area contributed by atoms with Crippen molar-refractivity contribution in [3.8, 4) is 0 Å². The van der Waals surface area contributed by atoms with E-state index >= 15 is 0 Å². The Morgan fingerprint density at radius 3 is 2.18 bits per heavy atom. The minimum absolute atomic E-state index is 0.00862. The van der Waals surface area contributed by atoms with E-state index in [4.69, 9.17) is 4.74 Å². The molecule has 0 aromatic heterocycles. The summed E-state index contributed by atoms with van der Waals surface area (Å²) in [6.07, 6.45) is 0.925. The van der Waals surface area contributed by atoms with E-state index in [0.717, 1.165) is 12.1 Å². The Labute approximate surface area is 166 Å². The molecule has 0 saturated carbocycles. The molecule has 1 fully saturated rings. The van der Waals surface area contributed by atoms with E-state index < -0.39 is 5.60 Å². The molecule has 0 aliphatic carbocycles. The second kappa shape index (κ2) is 8.20. The van der Waals surface area contributed by atoms with Gasteiger partial charge in [0.15, 0.2) is 0 Å². The number of carbonyl (C=O) groups excluding carboxylic acids is 3. The molecule has 3 rings (SSSR count). The Balaban J connectivity index is 1.44. The third-order valence-corrected chi connectivity index (χ3v) is 5.03. The average Bonchev–Trinajstić information content (AvgIpc) is 3.09. The first-order valence-electron chi connectivity index (χ1n) is 9.88. The van der Waals surface area contributed by atoms with Gasteiger partial charge in [0, 0.05) is 51.3 Å². The molecule has 28 heavy (non-hydrogen) atoms. The molecule has 0 spiro atoms. The number of nitrogens with zero attached hydrogens (tertiary/aromatic N) is 3. The normalized spacial score (nSPS) is 16.8. The number of benzene rings is 1. The van der Waals surface area contributed by atoms with Crippen LogP contribution in [0, 0.1) is 0 Å². The molecular formula is C21H29N3O4. The SMILES string of the molecule is CC(C)(C)OC(=O)N1CCN(C(=O)CCC(=O)N2CCc3ccccc32)CC1. The van der Waals surface area contributed by atoms with E-state index in [0.29, 0.717) is 32.7 Å². The van der Waals surface area contributed by atoms with E-state index in [2.05, 4.69) is 0 Å². The first-order chi connectivity index (χ1) is 13.2. The van der Waals surface area contributed by atoms with Crippen LogP contribution in [-0.2, 0) is 20.7 Å². The first-order valence-corrected chi connectivity index (χ1v) is 9.88. The van der Waals surface area contributed by atoms with Crippen LogP contribution in [0.1, 0.15) is 39.2 Å². The van der Waals surface area contributed by atoms with E-state index in [1.54, 1.807) is 14.7 Å². The molecule has 1 aromatic carbocycles. The lowest BCUT2D eigenvalue weighted by atomic mass is 10.2. The summed E-state index contributed by atoms with van der Waals surface area (Å²) in [4.78, 5) is 42.3. The lowest BCUT2D eigenvalue weighted by Crippen LogP contribution is -2.51. The number of para-hydroxylation sites is 1. The molecule has 3 amide bonds. The van der Waals surface area contributed by atoms with Gasteiger partial charge in [-0.25, -0.2) is 4.79 Å². The summed E-state index contributed by atoms with van der Waals surface area (Å²) in [5, 5.41) is 0. The van der Waals surface area contributed by atoms with Gasteiger partial charge in [0.1, 0.15) is 5.60 Å². The van der Waals surface area contributed by atoms with Crippen LogP contribution in [0.5, 0.6) is 0 Å². The highest BCUT2D eigenvalue weighted by Crippen LogP contribution is 2.28. The van der Waals surface area contributed by atoms with Crippen molar-refractivity contribution in [1.82, 2.24) is 9.80 Å². The highest BCUT2D eigenvalue weighted by Gasteiger charge is 2.29. The van der Waals surface area contributed by atoms with Crippen LogP contribution in [0.25, 0.3) is 0 Å². The number of fused-ring (bicyclic) bond motifs is 1. The van der Waals surface area contributed by atoms with Crippen LogP contribution in [0.4, 0.5) is 10.5 Å². The third-order valence-electron chi connectivity index (χ3n) is 5.03. The van der Waals surface area contributed by atoms with Crippen molar-refractivity contribution < 1.29 is 19.1 Å². The summed E-state index contributed by atoms with van der Waals surface area (Å²) < 4.78 is 5.37. The minimum Gasteiger partial charge on any atom is -0.444 e. The number of hydrogen-bond acceptors (Lipinski definition) is 4. The number of hydrogen-bond donors (Lipinski definition) is 0. The van der Waals surface area contributed by atoms with Crippen LogP contribution in [0.3, 0.4) is 0 Å². The Hall–Kier alpha value is -2.57. The van der Waals surface area contributed by atoms with Crippen LogP contribution >= 0.6 is 0 Å². The van der Waals surface area contributed by atoms with Crippen molar-refractivity contribution in [2.45, 2.75) is 45.6 Å². The highest BCUT2D eigenvalue weighted by atomic mass is 16.6. The molecule has 0 radical (unpaired) electrons. The van der Waals surface area contributed by atoms with Crippen LogP contribution in [0.15, 0.2) is 24.3 Å². The maximum Gasteiger partial charge on any atom is 0.410 e. The quantitative estimate of drug-likeness (QED) is 0.799. The third kappa shape index (κ3) is 4.82. The van der Waals surface area contributed by atoms with Crippen molar-refractivity contribution in [2.75, 3.05) is 37.6 Å². The molecule has 2 heterocycles. The van der Waals surface area contributed by atoms with Gasteiger partial charge in [-0.3, -0.25) is 9.59 Å². The second-order valence-corrected chi connectivity index (χ2v) is 8.27. The number of piperazine rings is 1. The van der Waals surface area contributed by atoms with Crippen molar-refractivity contribution >= 4 is 23.6 Å². The average molecular weight is 387 g/mol. The van der Waals surface area contributed by atoms with Crippen molar-refractivity contribution in [2.24, 2.45) is 0 Å². The van der Waals surface area contributed by atoms with E-state index in [9.17, 15) is 14.4 Å². The van der Waals surface area contributed by atoms with Crippen LogP contribution in [-0.4, -0.2) is 66.0 Å². The fourth-order valence-corrected chi connectivity index (χ4v) is 3.57. The van der Waals surface area contributed by atoms with E-state index in [1.165, 1.54) is 5.56 Å². The molecule has 152 valence electrons. The fraction of sp³-hybridized carbons (Fsp3) is 0.571. The predicted octanol–water partition coefficient (Wildman–Crippen LogP) is 2.44. The second-order valence-electron chi connectivity index (χ2n) is 8.27. The summed E-state index contributed by atoms with van der Waals surface area (Å²) in [5.41, 5.74) is 1.62. The van der Waals surface area contributed by atoms with Gasteiger partial charge < -0.3 is 19.4 Å². The molecule has 7 heteroatoms. The molecule has 2 aliphatic rings. The molecule has 1 saturated heterocycles. The summed E-state index contributed by atoms with van der Waals surface area (Å²) in [6.45, 7) is 8.03. The van der Waals surface area contributed by atoms with Gasteiger partial charge in [-0.05, 0) is 38.8 Å². The number of rotatable bonds is 3. The van der Waals surface area contributed by atoms with Crippen molar-refractivity contribution in [3.05, 3.63) is 29.8 Å². The lowest BCUT2D eigenvalue weighted by molar-refractivity contribution is -0.134. The zero-order valence-corrected chi connectivity index (χ0v) is 16.9. The number of carbonyl (C=O) groups is 3. The zero-order chi connectivity index (χ0) is 20.3. The van der Waals surface area contributed by atoms with Gasteiger partial charge in [-0.1, -0.05) is 18.2 Å². The smallest absolute Gasteiger partial charge is 0.410 e. The van der Waals surface area contributed by atoms with Gasteiger partial charge in [-0.15, -0.1) is 0 Å². The maximum atomic E-state index is 12.6. The topological polar surface area (TPSA) is 70.2 Å². The summed E-state index contributed by atoms with van der Waals surface area (Å²) in [7, 11) is 0. The standard InChI is InChI=1S/C21H29N3O4/c1-21(2,3)28-20(27)23-14-12-22(13-15-23)18(25)8-9-19(26)24-11-10-16-6-4-5-7-17(16)24/h4-7H,8-15H2,1-3H3. The highest BCUT2D eigenvalue weighted by molar-refractivity contribution is 5.97.